The number of hydrogen-bond acceptors (Lipinski definition) is 3. The van der Waals surface area contributed by atoms with Gasteiger partial charge in [-0.15, -0.1) is 0 Å². The summed E-state index contributed by atoms with van der Waals surface area (Å²) < 4.78 is 0. The second-order valence-corrected chi connectivity index (χ2v) is 5.80. The van der Waals surface area contributed by atoms with Crippen LogP contribution in [0.5, 0.6) is 0 Å². The Morgan fingerprint density at radius 3 is 2.91 bits per heavy atom. The lowest BCUT2D eigenvalue weighted by Crippen LogP contribution is -2.19. The monoisotopic (exact) mass is 295 g/mol. The average molecular weight is 295 g/mol. The molecule has 1 amide bonds. The molecule has 0 bridgehead atoms. The molecular weight excluding hydrogens is 274 g/mol. The molecule has 0 saturated heterocycles. The molecule has 0 fully saturated rings. The second-order valence-electron chi connectivity index (χ2n) is 5.80. The molecule has 4 heteroatoms. The number of pyridine rings is 1. The smallest absolute Gasteiger partial charge is 0.256 e. The van der Waals surface area contributed by atoms with Crippen LogP contribution < -0.4 is 11.1 Å². The molecule has 3 N–H and O–H groups in total. The highest BCUT2D eigenvalue weighted by molar-refractivity contribution is 6.05. The number of anilines is 1. The third-order valence-corrected chi connectivity index (χ3v) is 4.09. The summed E-state index contributed by atoms with van der Waals surface area (Å²) in [5, 5.41) is 2.99. The minimum absolute atomic E-state index is 0.0576. The van der Waals surface area contributed by atoms with E-state index in [2.05, 4.69) is 10.3 Å². The number of carbonyl (C=O) groups excluding carboxylic acids is 1. The summed E-state index contributed by atoms with van der Waals surface area (Å²) >= 11 is 0. The highest BCUT2D eigenvalue weighted by atomic mass is 16.1. The fourth-order valence-electron chi connectivity index (χ4n) is 3.02. The van der Waals surface area contributed by atoms with Crippen LogP contribution in [0.1, 0.15) is 45.7 Å². The largest absolute Gasteiger partial charge is 0.326 e. The highest BCUT2D eigenvalue weighted by Crippen LogP contribution is 2.24. The van der Waals surface area contributed by atoms with E-state index < -0.39 is 0 Å². The van der Waals surface area contributed by atoms with Crippen LogP contribution in [0.15, 0.2) is 30.3 Å². The third-order valence-electron chi connectivity index (χ3n) is 4.09. The number of aryl methyl sites for hydroxylation is 2. The number of benzene rings is 1. The van der Waals surface area contributed by atoms with Crippen molar-refractivity contribution < 1.29 is 4.79 Å². The van der Waals surface area contributed by atoms with Gasteiger partial charge in [-0.25, -0.2) is 0 Å². The zero-order valence-electron chi connectivity index (χ0n) is 12.9. The summed E-state index contributed by atoms with van der Waals surface area (Å²) in [6.45, 7) is 2.41. The molecule has 114 valence electrons. The van der Waals surface area contributed by atoms with Crippen molar-refractivity contribution in [2.75, 3.05) is 5.32 Å². The lowest BCUT2D eigenvalue weighted by Gasteiger charge is -2.19. The van der Waals surface area contributed by atoms with E-state index >= 15 is 0 Å². The van der Waals surface area contributed by atoms with Crippen molar-refractivity contribution in [2.24, 2.45) is 5.73 Å². The predicted octanol–water partition coefficient (Wildman–Crippen LogP) is 2.98. The summed E-state index contributed by atoms with van der Waals surface area (Å²) in [5.41, 5.74) is 11.3. The zero-order valence-corrected chi connectivity index (χ0v) is 12.9. The summed E-state index contributed by atoms with van der Waals surface area (Å²) in [4.78, 5) is 17.3. The van der Waals surface area contributed by atoms with Crippen LogP contribution >= 0.6 is 0 Å². The maximum absolute atomic E-state index is 12.7. The van der Waals surface area contributed by atoms with Crippen LogP contribution in [0.2, 0.25) is 0 Å². The first kappa shape index (κ1) is 14.7. The van der Waals surface area contributed by atoms with E-state index in [-0.39, 0.29) is 5.91 Å². The van der Waals surface area contributed by atoms with Crippen LogP contribution in [0.4, 0.5) is 5.69 Å². The fourth-order valence-corrected chi connectivity index (χ4v) is 3.02. The van der Waals surface area contributed by atoms with Gasteiger partial charge in [0, 0.05) is 29.2 Å². The molecule has 3 rings (SSSR count). The lowest BCUT2D eigenvalue weighted by molar-refractivity contribution is 0.102. The topological polar surface area (TPSA) is 68.0 Å². The first-order valence-corrected chi connectivity index (χ1v) is 7.77. The van der Waals surface area contributed by atoms with E-state index in [1.165, 1.54) is 0 Å². The molecule has 0 spiro atoms. The van der Waals surface area contributed by atoms with Gasteiger partial charge in [0.15, 0.2) is 0 Å². The van der Waals surface area contributed by atoms with Gasteiger partial charge in [0.1, 0.15) is 0 Å². The van der Waals surface area contributed by atoms with Gasteiger partial charge >= 0.3 is 0 Å². The van der Waals surface area contributed by atoms with Crippen molar-refractivity contribution in [3.05, 3.63) is 58.4 Å². The molecule has 0 unspecified atom stereocenters. The Balaban J connectivity index is 1.90. The molecule has 1 aliphatic carbocycles. The quantitative estimate of drug-likeness (QED) is 0.914. The van der Waals surface area contributed by atoms with Gasteiger partial charge in [-0.05, 0) is 61.9 Å². The predicted molar refractivity (Wildman–Crippen MR) is 87.9 cm³/mol. The maximum Gasteiger partial charge on any atom is 0.256 e. The average Bonchev–Trinajstić information content (AvgIpc) is 2.54. The van der Waals surface area contributed by atoms with Gasteiger partial charge in [0.2, 0.25) is 0 Å². The van der Waals surface area contributed by atoms with Gasteiger partial charge in [-0.3, -0.25) is 9.78 Å². The number of rotatable bonds is 3. The van der Waals surface area contributed by atoms with Gasteiger partial charge in [-0.2, -0.15) is 0 Å². The number of nitrogens with one attached hydrogen (secondary N) is 1. The molecule has 0 atom stereocenters. The zero-order chi connectivity index (χ0) is 15.5. The van der Waals surface area contributed by atoms with E-state index in [4.69, 9.17) is 5.73 Å². The summed E-state index contributed by atoms with van der Waals surface area (Å²) in [5.74, 6) is -0.0576. The van der Waals surface area contributed by atoms with Crippen molar-refractivity contribution in [3.8, 4) is 0 Å². The molecule has 1 aromatic heterocycles. The van der Waals surface area contributed by atoms with E-state index in [1.807, 2.05) is 37.3 Å². The molecule has 1 heterocycles. The third kappa shape index (κ3) is 3.02. The lowest BCUT2D eigenvalue weighted by atomic mass is 9.91. The Hall–Kier alpha value is -2.20. The van der Waals surface area contributed by atoms with E-state index in [1.54, 1.807) is 0 Å². The Labute approximate surface area is 130 Å². The number of aromatic nitrogens is 1. The standard InChI is InChI=1S/C18H21N3O/c1-12-9-16(15-7-2-3-8-17(15)20-12)18(22)21-14-6-4-5-13(10-14)11-19/h4-6,9-10H,2-3,7-8,11,19H2,1H3,(H,21,22). The van der Waals surface area contributed by atoms with Crippen LogP contribution in [-0.2, 0) is 19.4 Å². The number of nitrogens with zero attached hydrogens (tertiary/aromatic N) is 1. The van der Waals surface area contributed by atoms with Crippen LogP contribution in [0.25, 0.3) is 0 Å². The van der Waals surface area contributed by atoms with Gasteiger partial charge in [0.05, 0.1) is 0 Å². The van der Waals surface area contributed by atoms with Crippen molar-refractivity contribution in [3.63, 3.8) is 0 Å². The van der Waals surface area contributed by atoms with E-state index in [0.29, 0.717) is 6.54 Å². The number of nitrogens with two attached hydrogens (primary N) is 1. The minimum atomic E-state index is -0.0576. The van der Waals surface area contributed by atoms with Gasteiger partial charge in [-0.1, -0.05) is 12.1 Å². The van der Waals surface area contributed by atoms with Crippen molar-refractivity contribution >= 4 is 11.6 Å². The Morgan fingerprint density at radius 2 is 2.09 bits per heavy atom. The number of carbonyl (C=O) groups is 1. The molecule has 2 aromatic rings. The van der Waals surface area contributed by atoms with Gasteiger partial charge in [0.25, 0.3) is 5.91 Å². The van der Waals surface area contributed by atoms with Crippen molar-refractivity contribution in [2.45, 2.75) is 39.2 Å². The van der Waals surface area contributed by atoms with E-state index in [9.17, 15) is 4.79 Å². The van der Waals surface area contributed by atoms with E-state index in [0.717, 1.165) is 59.4 Å². The van der Waals surface area contributed by atoms with Crippen LogP contribution in [-0.4, -0.2) is 10.9 Å². The summed E-state index contributed by atoms with van der Waals surface area (Å²) in [7, 11) is 0. The first-order valence-electron chi connectivity index (χ1n) is 7.77. The Morgan fingerprint density at radius 1 is 1.27 bits per heavy atom. The molecule has 0 radical (unpaired) electrons. The summed E-state index contributed by atoms with van der Waals surface area (Å²) in [6.07, 6.45) is 4.19. The highest BCUT2D eigenvalue weighted by Gasteiger charge is 2.19. The normalized spacial score (nSPS) is 13.5. The van der Waals surface area contributed by atoms with Crippen LogP contribution in [0.3, 0.4) is 0 Å². The van der Waals surface area contributed by atoms with Crippen molar-refractivity contribution in [1.29, 1.82) is 0 Å². The van der Waals surface area contributed by atoms with Gasteiger partial charge < -0.3 is 11.1 Å². The molecule has 4 nitrogen and oxygen atoms in total. The molecule has 0 saturated carbocycles. The Kier molecular flexibility index (Phi) is 4.20. The SMILES string of the molecule is Cc1cc(C(=O)Nc2cccc(CN)c2)c2c(n1)CCCC2. The molecule has 22 heavy (non-hydrogen) atoms. The summed E-state index contributed by atoms with van der Waals surface area (Å²) in [6, 6.07) is 9.56. The fraction of sp³-hybridized carbons (Fsp3) is 0.333. The Bertz CT molecular complexity index is 709. The number of fused-ring (bicyclic) bond motifs is 1. The molecular formula is C18H21N3O. The minimum Gasteiger partial charge on any atom is -0.326 e. The molecule has 1 aliphatic rings. The second kappa shape index (κ2) is 6.28. The number of amides is 1. The number of hydrogen-bond donors (Lipinski definition) is 2. The van der Waals surface area contributed by atoms with Crippen molar-refractivity contribution in [1.82, 2.24) is 4.98 Å². The molecule has 1 aromatic carbocycles. The maximum atomic E-state index is 12.7. The first-order chi connectivity index (χ1) is 10.7. The molecule has 0 aliphatic heterocycles. The van der Waals surface area contributed by atoms with Crippen LogP contribution in [0, 0.1) is 6.92 Å².